The van der Waals surface area contributed by atoms with E-state index in [4.69, 9.17) is 20.9 Å². The number of nitrogens with two attached hydrogens (primary N) is 2. The number of nitrogens with one attached hydrogen (secondary N) is 2. The molecule has 0 spiro atoms. The summed E-state index contributed by atoms with van der Waals surface area (Å²) in [6, 6.07) is 12.1. The predicted molar refractivity (Wildman–Crippen MR) is 106 cm³/mol. The van der Waals surface area contributed by atoms with E-state index in [0.717, 1.165) is 5.56 Å². The lowest BCUT2D eigenvalue weighted by Crippen LogP contribution is -2.33. The summed E-state index contributed by atoms with van der Waals surface area (Å²) < 4.78 is 10.4. The highest BCUT2D eigenvalue weighted by molar-refractivity contribution is 5.96. The van der Waals surface area contributed by atoms with E-state index in [2.05, 4.69) is 15.6 Å². The van der Waals surface area contributed by atoms with Crippen LogP contribution in [0.1, 0.15) is 15.9 Å². The van der Waals surface area contributed by atoms with Gasteiger partial charge in [0, 0.05) is 17.3 Å². The number of carbonyl (C=O) groups excluding carboxylic acids is 2. The summed E-state index contributed by atoms with van der Waals surface area (Å²) >= 11 is 0. The van der Waals surface area contributed by atoms with E-state index in [1.54, 1.807) is 56.7 Å². The van der Waals surface area contributed by atoms with Gasteiger partial charge in [0.25, 0.3) is 5.91 Å². The smallest absolute Gasteiger partial charge is 0.251 e. The van der Waals surface area contributed by atoms with E-state index < -0.39 is 5.91 Å². The van der Waals surface area contributed by atoms with Crippen molar-refractivity contribution in [2.75, 3.05) is 26.1 Å². The number of amides is 2. The van der Waals surface area contributed by atoms with Gasteiger partial charge in [-0.2, -0.15) is 0 Å². The number of guanidine groups is 1. The van der Waals surface area contributed by atoms with Gasteiger partial charge in [0.05, 0.1) is 27.3 Å². The van der Waals surface area contributed by atoms with E-state index in [1.165, 1.54) is 0 Å². The van der Waals surface area contributed by atoms with Crippen LogP contribution >= 0.6 is 0 Å². The summed E-state index contributed by atoms with van der Waals surface area (Å²) in [5.74, 6) is 0.449. The van der Waals surface area contributed by atoms with Crippen LogP contribution in [0.3, 0.4) is 0 Å². The fourth-order valence-electron chi connectivity index (χ4n) is 2.31. The first kappa shape index (κ1) is 20.6. The third-order valence-corrected chi connectivity index (χ3v) is 3.73. The molecule has 9 heteroatoms. The molecule has 9 nitrogen and oxygen atoms in total. The number of primary amides is 1. The maximum Gasteiger partial charge on any atom is 0.251 e. The van der Waals surface area contributed by atoms with Gasteiger partial charge in [-0.05, 0) is 29.8 Å². The highest BCUT2D eigenvalue weighted by atomic mass is 16.5. The maximum absolute atomic E-state index is 11.8. The maximum atomic E-state index is 11.8. The van der Waals surface area contributed by atoms with Crippen LogP contribution < -0.4 is 31.6 Å². The Labute approximate surface area is 162 Å². The first-order chi connectivity index (χ1) is 13.4. The molecule has 28 heavy (non-hydrogen) atoms. The van der Waals surface area contributed by atoms with Crippen molar-refractivity contribution in [2.45, 2.75) is 6.54 Å². The van der Waals surface area contributed by atoms with E-state index in [9.17, 15) is 9.59 Å². The normalized spacial score (nSPS) is 10.9. The second-order valence-corrected chi connectivity index (χ2v) is 5.74. The summed E-state index contributed by atoms with van der Waals surface area (Å²) in [6.45, 7) is 0.124. The lowest BCUT2D eigenvalue weighted by atomic mass is 10.1. The average molecular weight is 385 g/mol. The summed E-state index contributed by atoms with van der Waals surface area (Å²) in [5, 5.41) is 5.40. The van der Waals surface area contributed by atoms with Crippen molar-refractivity contribution < 1.29 is 19.1 Å². The summed E-state index contributed by atoms with van der Waals surface area (Å²) in [4.78, 5) is 26.8. The zero-order chi connectivity index (χ0) is 20.5. The van der Waals surface area contributed by atoms with E-state index >= 15 is 0 Å². The van der Waals surface area contributed by atoms with Crippen LogP contribution in [-0.4, -0.2) is 38.5 Å². The number of anilines is 1. The number of hydrogen-bond donors (Lipinski definition) is 4. The lowest BCUT2D eigenvalue weighted by Gasteiger charge is -2.11. The molecule has 0 aliphatic rings. The molecule has 0 atom stereocenters. The second kappa shape index (κ2) is 9.81. The molecule has 0 saturated carbocycles. The minimum atomic E-state index is -0.600. The van der Waals surface area contributed by atoms with Crippen LogP contribution in [-0.2, 0) is 11.3 Å². The number of aliphatic imine (C=N–C) groups is 1. The van der Waals surface area contributed by atoms with Gasteiger partial charge in [-0.25, -0.2) is 4.99 Å². The molecular weight excluding hydrogens is 362 g/mol. The molecule has 0 heterocycles. The van der Waals surface area contributed by atoms with Gasteiger partial charge in [-0.15, -0.1) is 0 Å². The van der Waals surface area contributed by atoms with Crippen molar-refractivity contribution in [3.8, 4) is 11.5 Å². The summed E-state index contributed by atoms with van der Waals surface area (Å²) in [6.07, 6.45) is 0. The zero-order valence-electron chi connectivity index (χ0n) is 15.7. The van der Waals surface area contributed by atoms with Crippen molar-refractivity contribution in [3.63, 3.8) is 0 Å². The van der Waals surface area contributed by atoms with Gasteiger partial charge in [-0.3, -0.25) is 9.59 Å². The quantitative estimate of drug-likeness (QED) is 0.392. The highest BCUT2D eigenvalue weighted by Crippen LogP contribution is 2.29. The van der Waals surface area contributed by atoms with Gasteiger partial charge in [0.2, 0.25) is 5.91 Å². The van der Waals surface area contributed by atoms with Crippen LogP contribution in [0.2, 0.25) is 0 Å². The monoisotopic (exact) mass is 385 g/mol. The zero-order valence-corrected chi connectivity index (χ0v) is 15.7. The van der Waals surface area contributed by atoms with Gasteiger partial charge in [0.1, 0.15) is 0 Å². The van der Waals surface area contributed by atoms with E-state index in [0.29, 0.717) is 29.3 Å². The third kappa shape index (κ3) is 5.90. The molecule has 0 aromatic heterocycles. The molecule has 2 aromatic rings. The average Bonchev–Trinajstić information content (AvgIpc) is 2.70. The minimum absolute atomic E-state index is 0.205. The fraction of sp³-hybridized carbons (Fsp3) is 0.211. The SMILES string of the molecule is COc1ccc(NC(N)=NCc2ccc(C(=O)NCC(N)=O)cc2)cc1OC. The van der Waals surface area contributed by atoms with Gasteiger partial charge < -0.3 is 31.6 Å². The standard InChI is InChI=1S/C19H23N5O4/c1-27-15-8-7-14(9-16(15)28-2)24-19(21)23-10-12-3-5-13(6-4-12)18(26)22-11-17(20)25/h3-9H,10-11H2,1-2H3,(H2,20,25)(H,22,26)(H3,21,23,24). The topological polar surface area (TPSA) is 141 Å². The van der Waals surface area contributed by atoms with Crippen molar-refractivity contribution in [3.05, 3.63) is 53.6 Å². The van der Waals surface area contributed by atoms with E-state index in [1.807, 2.05) is 0 Å². The number of nitrogens with zero attached hydrogens (tertiary/aromatic N) is 1. The predicted octanol–water partition coefficient (Wildman–Crippen LogP) is 0.846. The molecule has 2 amide bonds. The Balaban J connectivity index is 1.95. The van der Waals surface area contributed by atoms with E-state index in [-0.39, 0.29) is 18.4 Å². The number of hydrogen-bond acceptors (Lipinski definition) is 5. The van der Waals surface area contributed by atoms with Crippen LogP contribution in [0.15, 0.2) is 47.5 Å². The summed E-state index contributed by atoms with van der Waals surface area (Å²) in [7, 11) is 3.12. The third-order valence-electron chi connectivity index (χ3n) is 3.73. The minimum Gasteiger partial charge on any atom is -0.493 e. The van der Waals surface area contributed by atoms with Crippen LogP contribution in [0.4, 0.5) is 5.69 Å². The molecule has 0 saturated heterocycles. The van der Waals surface area contributed by atoms with Crippen LogP contribution in [0, 0.1) is 0 Å². The molecule has 6 N–H and O–H groups in total. The van der Waals surface area contributed by atoms with Gasteiger partial charge in [0.15, 0.2) is 17.5 Å². The molecule has 0 bridgehead atoms. The number of carbonyl (C=O) groups is 2. The number of methoxy groups -OCH3 is 2. The molecule has 0 aliphatic carbocycles. The Bertz CT molecular complexity index is 865. The van der Waals surface area contributed by atoms with Crippen LogP contribution in [0.25, 0.3) is 0 Å². The first-order valence-corrected chi connectivity index (χ1v) is 8.37. The Kier molecular flexibility index (Phi) is 7.21. The highest BCUT2D eigenvalue weighted by Gasteiger charge is 2.07. The molecule has 0 unspecified atom stereocenters. The number of ether oxygens (including phenoxy) is 2. The molecular formula is C19H23N5O4. The Hall–Kier alpha value is -3.75. The van der Waals surface area contributed by atoms with Crippen molar-refractivity contribution in [1.82, 2.24) is 5.32 Å². The lowest BCUT2D eigenvalue weighted by molar-refractivity contribution is -0.117. The molecule has 148 valence electrons. The van der Waals surface area contributed by atoms with Crippen molar-refractivity contribution >= 4 is 23.5 Å². The number of rotatable bonds is 8. The number of benzene rings is 2. The molecule has 0 radical (unpaired) electrons. The van der Waals surface area contributed by atoms with Crippen molar-refractivity contribution in [2.24, 2.45) is 16.5 Å². The van der Waals surface area contributed by atoms with Gasteiger partial charge in [-0.1, -0.05) is 12.1 Å². The Morgan fingerprint density at radius 3 is 2.29 bits per heavy atom. The second-order valence-electron chi connectivity index (χ2n) is 5.74. The summed E-state index contributed by atoms with van der Waals surface area (Å²) in [5.41, 5.74) is 12.9. The fourth-order valence-corrected chi connectivity index (χ4v) is 2.31. The molecule has 0 aliphatic heterocycles. The largest absolute Gasteiger partial charge is 0.493 e. The van der Waals surface area contributed by atoms with Crippen molar-refractivity contribution in [1.29, 1.82) is 0 Å². The van der Waals surface area contributed by atoms with Crippen LogP contribution in [0.5, 0.6) is 11.5 Å². The molecule has 2 aromatic carbocycles. The van der Waals surface area contributed by atoms with Gasteiger partial charge >= 0.3 is 0 Å². The Morgan fingerprint density at radius 1 is 1.00 bits per heavy atom. The first-order valence-electron chi connectivity index (χ1n) is 8.37. The molecule has 2 rings (SSSR count). The molecule has 0 fully saturated rings. The Morgan fingerprint density at radius 2 is 1.68 bits per heavy atom.